The van der Waals surface area contributed by atoms with Crippen LogP contribution in [0.1, 0.15) is 10.4 Å². The molecule has 2 aromatic carbocycles. The summed E-state index contributed by atoms with van der Waals surface area (Å²) in [4.78, 5) is 37.9. The first kappa shape index (κ1) is 25.7. The molecule has 3 N–H and O–H groups in total. The number of anilines is 2. The van der Waals surface area contributed by atoms with Crippen molar-refractivity contribution in [2.45, 2.75) is 4.90 Å². The molecule has 0 atom stereocenters. The maximum Gasteiger partial charge on any atom is 0.342 e. The van der Waals surface area contributed by atoms with Crippen molar-refractivity contribution in [2.24, 2.45) is 0 Å². The van der Waals surface area contributed by atoms with E-state index in [1.165, 1.54) is 24.4 Å². The van der Waals surface area contributed by atoms with Gasteiger partial charge in [-0.05, 0) is 36.4 Å². The second kappa shape index (κ2) is 10.5. The van der Waals surface area contributed by atoms with Gasteiger partial charge in [0.1, 0.15) is 11.3 Å². The Hall–Kier alpha value is -3.94. The Labute approximate surface area is 207 Å². The number of benzene rings is 2. The van der Waals surface area contributed by atoms with Crippen LogP contribution in [0.4, 0.5) is 17.2 Å². The molecule has 1 aromatic heterocycles. The maximum absolute atomic E-state index is 12.7. The molecule has 0 fully saturated rings. The highest BCUT2D eigenvalue weighted by molar-refractivity contribution is 7.92. The molecule has 0 bridgehead atoms. The number of nitrogens with one attached hydrogen (secondary N) is 2. The lowest BCUT2D eigenvalue weighted by Gasteiger charge is -2.11. The molecular formula is C20H14Cl2N4O8S. The summed E-state index contributed by atoms with van der Waals surface area (Å²) in [5, 5.41) is 23.3. The number of aromatic hydroxyl groups is 1. The van der Waals surface area contributed by atoms with E-state index in [-0.39, 0.29) is 27.2 Å². The molecule has 15 heteroatoms. The van der Waals surface area contributed by atoms with Crippen LogP contribution in [0.25, 0.3) is 0 Å². The zero-order valence-corrected chi connectivity index (χ0v) is 19.6. The molecule has 0 aliphatic heterocycles. The monoisotopic (exact) mass is 540 g/mol. The van der Waals surface area contributed by atoms with Crippen molar-refractivity contribution in [1.82, 2.24) is 4.98 Å². The number of ether oxygens (including phenoxy) is 1. The van der Waals surface area contributed by atoms with Crippen molar-refractivity contribution < 1.29 is 32.8 Å². The predicted octanol–water partition coefficient (Wildman–Crippen LogP) is 3.60. The van der Waals surface area contributed by atoms with E-state index in [1.54, 1.807) is 0 Å². The zero-order chi connectivity index (χ0) is 25.8. The van der Waals surface area contributed by atoms with E-state index in [2.05, 4.69) is 15.0 Å². The number of esters is 1. The minimum Gasteiger partial charge on any atom is -0.507 e. The number of phenolic OH excluding ortho intramolecular Hbond substituents is 1. The van der Waals surface area contributed by atoms with Crippen LogP contribution in [0.15, 0.2) is 59.6 Å². The topological polar surface area (TPSA) is 178 Å². The van der Waals surface area contributed by atoms with Crippen molar-refractivity contribution >= 4 is 62.3 Å². The number of non-ortho nitro benzene ring substituents is 1. The molecule has 0 saturated carbocycles. The molecule has 0 radical (unpaired) electrons. The Balaban J connectivity index is 1.70. The molecule has 1 heterocycles. The molecular weight excluding hydrogens is 527 g/mol. The van der Waals surface area contributed by atoms with Crippen LogP contribution in [0, 0.1) is 10.1 Å². The molecule has 12 nitrogen and oxygen atoms in total. The number of aromatic nitrogens is 1. The van der Waals surface area contributed by atoms with Gasteiger partial charge in [0.2, 0.25) is 0 Å². The summed E-state index contributed by atoms with van der Waals surface area (Å²) in [5.74, 6) is -2.60. The third kappa shape index (κ3) is 6.56. The summed E-state index contributed by atoms with van der Waals surface area (Å²) in [6.45, 7) is -0.795. The smallest absolute Gasteiger partial charge is 0.342 e. The van der Waals surface area contributed by atoms with Crippen LogP contribution in [-0.4, -0.2) is 41.9 Å². The second-order valence-corrected chi connectivity index (χ2v) is 9.22. The zero-order valence-electron chi connectivity index (χ0n) is 17.3. The van der Waals surface area contributed by atoms with Gasteiger partial charge in [-0.1, -0.05) is 23.2 Å². The molecule has 0 aliphatic carbocycles. The molecule has 0 unspecified atom stereocenters. The van der Waals surface area contributed by atoms with Crippen molar-refractivity contribution in [1.29, 1.82) is 0 Å². The third-order valence-corrected chi connectivity index (χ3v) is 6.10. The van der Waals surface area contributed by atoms with E-state index in [9.17, 15) is 33.2 Å². The van der Waals surface area contributed by atoms with Gasteiger partial charge in [0.05, 0.1) is 19.9 Å². The van der Waals surface area contributed by atoms with Crippen LogP contribution >= 0.6 is 23.2 Å². The molecule has 182 valence electrons. The van der Waals surface area contributed by atoms with E-state index in [1.807, 2.05) is 0 Å². The van der Waals surface area contributed by atoms with Gasteiger partial charge in [-0.15, -0.1) is 0 Å². The number of halogens is 2. The Morgan fingerprint density at radius 2 is 1.80 bits per heavy atom. The maximum atomic E-state index is 12.7. The van der Waals surface area contributed by atoms with Crippen LogP contribution in [0.5, 0.6) is 5.75 Å². The van der Waals surface area contributed by atoms with Gasteiger partial charge in [-0.3, -0.25) is 19.6 Å². The van der Waals surface area contributed by atoms with Crippen molar-refractivity contribution in [3.63, 3.8) is 0 Å². The van der Waals surface area contributed by atoms with Gasteiger partial charge in [0.15, 0.2) is 12.4 Å². The SMILES string of the molecule is O=C(COC(=O)c1cc(S(=O)(=O)Nc2ccc([N+](=O)[O-])cc2)ccc1O)Nc1ncc(Cl)cc1Cl. The standard InChI is InChI=1S/C20H14Cl2N4O8S/c21-11-7-16(22)19(23-9-11)24-18(28)10-34-20(29)15-8-14(5-6-17(15)27)35(32,33)25-12-1-3-13(4-2-12)26(30)31/h1-9,25,27H,10H2,(H,23,24,28). The number of hydrogen-bond donors (Lipinski definition) is 3. The quantitative estimate of drug-likeness (QED) is 0.218. The van der Waals surface area contributed by atoms with Crippen molar-refractivity contribution in [2.75, 3.05) is 16.6 Å². The lowest BCUT2D eigenvalue weighted by atomic mass is 10.2. The summed E-state index contributed by atoms with van der Waals surface area (Å²) in [5.41, 5.74) is -0.730. The molecule has 3 rings (SSSR count). The average Bonchev–Trinajstić information content (AvgIpc) is 2.79. The number of sulfonamides is 1. The second-order valence-electron chi connectivity index (χ2n) is 6.70. The third-order valence-electron chi connectivity index (χ3n) is 4.23. The number of carbonyl (C=O) groups excluding carboxylic acids is 2. The number of hydrogen-bond acceptors (Lipinski definition) is 9. The van der Waals surface area contributed by atoms with Crippen LogP contribution in [0.2, 0.25) is 10.0 Å². The molecule has 0 aliphatic rings. The summed E-state index contributed by atoms with van der Waals surface area (Å²) in [6, 6.07) is 8.76. The molecule has 1 amide bonds. The molecule has 3 aromatic rings. The lowest BCUT2D eigenvalue weighted by molar-refractivity contribution is -0.384. The van der Waals surface area contributed by atoms with E-state index in [0.29, 0.717) is 0 Å². The van der Waals surface area contributed by atoms with Crippen LogP contribution < -0.4 is 10.0 Å². The fourth-order valence-electron chi connectivity index (χ4n) is 2.59. The largest absolute Gasteiger partial charge is 0.507 e. The highest BCUT2D eigenvalue weighted by atomic mass is 35.5. The fourth-order valence-corrected chi connectivity index (χ4v) is 4.11. The Kier molecular flexibility index (Phi) is 7.74. The Bertz CT molecular complexity index is 1420. The summed E-state index contributed by atoms with van der Waals surface area (Å²) < 4.78 is 32.4. The number of nitro benzene ring substituents is 1. The Morgan fingerprint density at radius 3 is 2.43 bits per heavy atom. The van der Waals surface area contributed by atoms with Gasteiger partial charge in [-0.25, -0.2) is 18.2 Å². The van der Waals surface area contributed by atoms with Gasteiger partial charge in [0.25, 0.3) is 21.6 Å². The lowest BCUT2D eigenvalue weighted by Crippen LogP contribution is -2.22. The van der Waals surface area contributed by atoms with Crippen molar-refractivity contribution in [3.8, 4) is 5.75 Å². The van der Waals surface area contributed by atoms with Crippen LogP contribution in [0.3, 0.4) is 0 Å². The number of amides is 1. The number of phenols is 1. The first-order valence-corrected chi connectivity index (χ1v) is 11.6. The number of carbonyl (C=O) groups is 2. The average molecular weight is 541 g/mol. The normalized spacial score (nSPS) is 10.9. The summed E-state index contributed by atoms with van der Waals surface area (Å²) >= 11 is 11.6. The first-order valence-electron chi connectivity index (χ1n) is 9.34. The summed E-state index contributed by atoms with van der Waals surface area (Å²) in [6.07, 6.45) is 1.24. The Morgan fingerprint density at radius 1 is 1.11 bits per heavy atom. The van der Waals surface area contributed by atoms with Gasteiger partial charge >= 0.3 is 5.97 Å². The van der Waals surface area contributed by atoms with E-state index < -0.39 is 49.6 Å². The molecule has 0 spiro atoms. The number of nitro groups is 1. The van der Waals surface area contributed by atoms with Crippen LogP contribution in [-0.2, 0) is 19.6 Å². The van der Waals surface area contributed by atoms with E-state index in [0.717, 1.165) is 30.3 Å². The highest BCUT2D eigenvalue weighted by Gasteiger charge is 2.21. The van der Waals surface area contributed by atoms with E-state index >= 15 is 0 Å². The number of nitrogens with zero attached hydrogens (tertiary/aromatic N) is 2. The van der Waals surface area contributed by atoms with Gasteiger partial charge in [0, 0.05) is 24.0 Å². The predicted molar refractivity (Wildman–Crippen MR) is 125 cm³/mol. The highest BCUT2D eigenvalue weighted by Crippen LogP contribution is 2.25. The number of rotatable bonds is 8. The minimum absolute atomic E-state index is 0.0228. The summed E-state index contributed by atoms with van der Waals surface area (Å²) in [7, 11) is -4.25. The molecule has 0 saturated heterocycles. The number of pyridine rings is 1. The first-order chi connectivity index (χ1) is 16.5. The van der Waals surface area contributed by atoms with E-state index in [4.69, 9.17) is 27.9 Å². The van der Waals surface area contributed by atoms with Gasteiger partial charge in [-0.2, -0.15) is 0 Å². The van der Waals surface area contributed by atoms with Gasteiger partial charge < -0.3 is 15.2 Å². The minimum atomic E-state index is -4.25. The van der Waals surface area contributed by atoms with Crippen molar-refractivity contribution in [3.05, 3.63) is 80.5 Å². The fraction of sp³-hybridized carbons (Fsp3) is 0.0500. The molecule has 35 heavy (non-hydrogen) atoms.